The van der Waals surface area contributed by atoms with Crippen LogP contribution < -0.4 is 5.73 Å². The van der Waals surface area contributed by atoms with Crippen LogP contribution >= 0.6 is 11.3 Å². The molecule has 0 saturated carbocycles. The lowest BCUT2D eigenvalue weighted by molar-refractivity contribution is 0.182. The lowest BCUT2D eigenvalue weighted by Gasteiger charge is -2.32. The second-order valence-corrected chi connectivity index (χ2v) is 5.37. The van der Waals surface area contributed by atoms with Crippen molar-refractivity contribution < 1.29 is 0 Å². The van der Waals surface area contributed by atoms with Crippen LogP contribution in [0.25, 0.3) is 0 Å². The third-order valence-electron chi connectivity index (χ3n) is 3.29. The van der Waals surface area contributed by atoms with Gasteiger partial charge in [-0.15, -0.1) is 11.3 Å². The Morgan fingerprint density at radius 1 is 1.60 bits per heavy atom. The highest BCUT2D eigenvalue weighted by molar-refractivity contribution is 7.10. The Morgan fingerprint density at radius 2 is 2.47 bits per heavy atom. The summed E-state index contributed by atoms with van der Waals surface area (Å²) >= 11 is 1.91. The molecule has 1 unspecified atom stereocenters. The lowest BCUT2D eigenvalue weighted by Crippen LogP contribution is -2.37. The fourth-order valence-corrected chi connectivity index (χ4v) is 3.13. The zero-order valence-electron chi connectivity index (χ0n) is 9.41. The number of nitrogens with two attached hydrogens (primary N) is 1. The van der Waals surface area contributed by atoms with Gasteiger partial charge in [0.1, 0.15) is 0 Å². The first-order valence-electron chi connectivity index (χ1n) is 5.80. The second kappa shape index (κ2) is 5.10. The molecular formula is C12H20N2S. The zero-order chi connectivity index (χ0) is 10.7. The Bertz CT molecular complexity index is 308. The van der Waals surface area contributed by atoms with E-state index in [0.717, 1.165) is 19.5 Å². The van der Waals surface area contributed by atoms with E-state index < -0.39 is 0 Å². The third kappa shape index (κ3) is 2.60. The van der Waals surface area contributed by atoms with E-state index in [2.05, 4.69) is 23.3 Å². The highest BCUT2D eigenvalue weighted by Gasteiger charge is 2.20. The largest absolute Gasteiger partial charge is 0.330 e. The number of nitrogens with zero attached hydrogens (tertiary/aromatic N) is 1. The minimum atomic E-state index is 0.682. The summed E-state index contributed by atoms with van der Waals surface area (Å²) in [6.45, 7) is 5.51. The molecule has 84 valence electrons. The molecule has 15 heavy (non-hydrogen) atoms. The van der Waals surface area contributed by atoms with Crippen molar-refractivity contribution in [3.05, 3.63) is 21.9 Å². The number of rotatable bonds is 4. The van der Waals surface area contributed by atoms with Crippen LogP contribution in [0, 0.1) is 0 Å². The highest BCUT2D eigenvalue weighted by atomic mass is 32.1. The van der Waals surface area contributed by atoms with Gasteiger partial charge in [0, 0.05) is 24.0 Å². The van der Waals surface area contributed by atoms with Crippen molar-refractivity contribution in [3.63, 3.8) is 0 Å². The molecule has 1 aromatic heterocycles. The van der Waals surface area contributed by atoms with Crippen molar-refractivity contribution in [3.8, 4) is 0 Å². The van der Waals surface area contributed by atoms with Crippen LogP contribution in [0.1, 0.15) is 30.2 Å². The molecule has 1 aliphatic heterocycles. The first-order chi connectivity index (χ1) is 7.31. The van der Waals surface area contributed by atoms with Gasteiger partial charge in [0.25, 0.3) is 0 Å². The fourth-order valence-electron chi connectivity index (χ4n) is 2.24. The first kappa shape index (κ1) is 11.1. The summed E-state index contributed by atoms with van der Waals surface area (Å²) in [4.78, 5) is 4.18. The summed E-state index contributed by atoms with van der Waals surface area (Å²) in [5.74, 6) is 0. The van der Waals surface area contributed by atoms with Crippen molar-refractivity contribution in [1.82, 2.24) is 4.90 Å². The maximum absolute atomic E-state index is 5.55. The van der Waals surface area contributed by atoms with E-state index in [4.69, 9.17) is 5.73 Å². The van der Waals surface area contributed by atoms with E-state index >= 15 is 0 Å². The van der Waals surface area contributed by atoms with Gasteiger partial charge in [-0.3, -0.25) is 4.90 Å². The molecular weight excluding hydrogens is 204 g/mol. The minimum Gasteiger partial charge on any atom is -0.330 e. The molecule has 2 heterocycles. The van der Waals surface area contributed by atoms with Crippen LogP contribution in [0.5, 0.6) is 0 Å². The Labute approximate surface area is 96.1 Å². The quantitative estimate of drug-likeness (QED) is 0.850. The van der Waals surface area contributed by atoms with E-state index in [1.54, 1.807) is 10.4 Å². The van der Waals surface area contributed by atoms with Crippen LogP contribution in [-0.4, -0.2) is 24.0 Å². The molecule has 0 bridgehead atoms. The zero-order valence-corrected chi connectivity index (χ0v) is 10.2. The molecule has 0 fully saturated rings. The van der Waals surface area contributed by atoms with Crippen molar-refractivity contribution in [2.45, 2.75) is 38.8 Å². The van der Waals surface area contributed by atoms with Crippen molar-refractivity contribution in [2.24, 2.45) is 5.73 Å². The van der Waals surface area contributed by atoms with E-state index in [9.17, 15) is 0 Å². The van der Waals surface area contributed by atoms with E-state index in [1.165, 1.54) is 19.4 Å². The number of hydrogen-bond acceptors (Lipinski definition) is 3. The van der Waals surface area contributed by atoms with E-state index in [-0.39, 0.29) is 0 Å². The van der Waals surface area contributed by atoms with Gasteiger partial charge in [0.05, 0.1) is 0 Å². The van der Waals surface area contributed by atoms with Crippen LogP contribution in [-0.2, 0) is 13.0 Å². The van der Waals surface area contributed by atoms with Gasteiger partial charge in [-0.1, -0.05) is 0 Å². The number of thiophene rings is 1. The predicted molar refractivity (Wildman–Crippen MR) is 66.2 cm³/mol. The molecule has 0 saturated heterocycles. The lowest BCUT2D eigenvalue weighted by atomic mass is 10.1. The van der Waals surface area contributed by atoms with E-state index in [1.807, 2.05) is 11.3 Å². The molecule has 0 spiro atoms. The van der Waals surface area contributed by atoms with Gasteiger partial charge in [-0.25, -0.2) is 0 Å². The molecule has 0 radical (unpaired) electrons. The molecule has 2 nitrogen and oxygen atoms in total. The van der Waals surface area contributed by atoms with Crippen molar-refractivity contribution >= 4 is 11.3 Å². The summed E-state index contributed by atoms with van der Waals surface area (Å²) < 4.78 is 0. The molecule has 0 aliphatic carbocycles. The van der Waals surface area contributed by atoms with Gasteiger partial charge in [0.2, 0.25) is 0 Å². The molecule has 1 aliphatic rings. The van der Waals surface area contributed by atoms with Crippen LogP contribution in [0.4, 0.5) is 0 Å². The van der Waals surface area contributed by atoms with Gasteiger partial charge < -0.3 is 5.73 Å². The maximum atomic E-state index is 5.55. The van der Waals surface area contributed by atoms with Crippen LogP contribution in [0.15, 0.2) is 11.4 Å². The molecule has 0 aromatic carbocycles. The van der Waals surface area contributed by atoms with Crippen LogP contribution in [0.2, 0.25) is 0 Å². The standard InChI is InChI=1S/C12H20N2S/c1-10(3-2-6-13)14-7-4-12-11(9-14)5-8-15-12/h5,8,10H,2-4,6-7,9,13H2,1H3. The monoisotopic (exact) mass is 224 g/mol. The molecule has 3 heteroatoms. The summed E-state index contributed by atoms with van der Waals surface area (Å²) in [7, 11) is 0. The smallest absolute Gasteiger partial charge is 0.0247 e. The normalized spacial score (nSPS) is 18.8. The van der Waals surface area contributed by atoms with Gasteiger partial charge in [-0.05, 0) is 49.7 Å². The number of hydrogen-bond donors (Lipinski definition) is 1. The third-order valence-corrected chi connectivity index (χ3v) is 4.31. The maximum Gasteiger partial charge on any atom is 0.0247 e. The summed E-state index contributed by atoms with van der Waals surface area (Å²) in [5.41, 5.74) is 7.10. The Balaban J connectivity index is 1.91. The second-order valence-electron chi connectivity index (χ2n) is 4.37. The van der Waals surface area contributed by atoms with Crippen molar-refractivity contribution in [1.29, 1.82) is 0 Å². The highest BCUT2D eigenvalue weighted by Crippen LogP contribution is 2.25. The fraction of sp³-hybridized carbons (Fsp3) is 0.667. The average Bonchev–Trinajstić information content (AvgIpc) is 2.72. The van der Waals surface area contributed by atoms with E-state index in [0.29, 0.717) is 6.04 Å². The van der Waals surface area contributed by atoms with Gasteiger partial charge in [0.15, 0.2) is 0 Å². The molecule has 0 amide bonds. The number of fused-ring (bicyclic) bond motifs is 1. The molecule has 1 atom stereocenters. The Hall–Kier alpha value is -0.380. The molecule has 2 N–H and O–H groups in total. The topological polar surface area (TPSA) is 29.3 Å². The first-order valence-corrected chi connectivity index (χ1v) is 6.68. The Kier molecular flexibility index (Phi) is 3.78. The Morgan fingerprint density at radius 3 is 3.27 bits per heavy atom. The summed E-state index contributed by atoms with van der Waals surface area (Å²) in [6, 6.07) is 2.96. The van der Waals surface area contributed by atoms with Crippen molar-refractivity contribution in [2.75, 3.05) is 13.1 Å². The minimum absolute atomic E-state index is 0.682. The molecule has 2 rings (SSSR count). The average molecular weight is 224 g/mol. The van der Waals surface area contributed by atoms with Crippen LogP contribution in [0.3, 0.4) is 0 Å². The summed E-state index contributed by atoms with van der Waals surface area (Å²) in [5, 5.41) is 2.22. The summed E-state index contributed by atoms with van der Waals surface area (Å²) in [6.07, 6.45) is 3.62. The predicted octanol–water partition coefficient (Wildman–Crippen LogP) is 2.23. The SMILES string of the molecule is CC(CCCN)N1CCc2sccc2C1. The van der Waals surface area contributed by atoms with Gasteiger partial charge in [-0.2, -0.15) is 0 Å². The molecule has 1 aromatic rings. The van der Waals surface area contributed by atoms with Gasteiger partial charge >= 0.3 is 0 Å².